The lowest BCUT2D eigenvalue weighted by Crippen LogP contribution is -2.67. The molecule has 0 aliphatic carbocycles. The SMILES string of the molecule is CC(=O)N[C@H](COC(=O)c1ccc2ccccc2c1)[C@H](O)CO[Si](c1ccccc1)(c1ccccc1)C(C)(C)C. The van der Waals surface area contributed by atoms with Gasteiger partial charge in [-0.1, -0.05) is 112 Å². The Balaban J connectivity index is 1.55. The van der Waals surface area contributed by atoms with Crippen LogP contribution in [-0.4, -0.2) is 50.7 Å². The first-order valence-corrected chi connectivity index (χ1v) is 15.4. The molecule has 7 heteroatoms. The lowest BCUT2D eigenvalue weighted by Gasteiger charge is -2.43. The summed E-state index contributed by atoms with van der Waals surface area (Å²) >= 11 is 0. The minimum atomic E-state index is -2.90. The summed E-state index contributed by atoms with van der Waals surface area (Å²) < 4.78 is 12.4. The summed E-state index contributed by atoms with van der Waals surface area (Å²) in [6.07, 6.45) is -1.12. The van der Waals surface area contributed by atoms with Crippen LogP contribution >= 0.6 is 0 Å². The van der Waals surface area contributed by atoms with E-state index in [0.29, 0.717) is 5.56 Å². The summed E-state index contributed by atoms with van der Waals surface area (Å²) in [5, 5.41) is 17.9. The molecule has 0 spiro atoms. The van der Waals surface area contributed by atoms with Crippen LogP contribution in [0.25, 0.3) is 10.8 Å². The van der Waals surface area contributed by atoms with Gasteiger partial charge in [-0.25, -0.2) is 4.79 Å². The van der Waals surface area contributed by atoms with Crippen molar-refractivity contribution in [1.82, 2.24) is 5.32 Å². The highest BCUT2D eigenvalue weighted by atomic mass is 28.4. The van der Waals surface area contributed by atoms with E-state index < -0.39 is 26.4 Å². The molecular formula is C33H37NO5Si. The summed E-state index contributed by atoms with van der Waals surface area (Å²) in [5.74, 6) is -0.863. The maximum atomic E-state index is 12.9. The molecular weight excluding hydrogens is 518 g/mol. The van der Waals surface area contributed by atoms with Crippen molar-refractivity contribution in [3.8, 4) is 0 Å². The third kappa shape index (κ3) is 6.50. The van der Waals surface area contributed by atoms with Crippen molar-refractivity contribution in [2.45, 2.75) is 44.9 Å². The number of carbonyl (C=O) groups is 2. The fraction of sp³-hybridized carbons (Fsp3) is 0.273. The van der Waals surface area contributed by atoms with E-state index in [1.54, 1.807) is 12.1 Å². The van der Waals surface area contributed by atoms with Gasteiger partial charge in [0.1, 0.15) is 6.61 Å². The fourth-order valence-electron chi connectivity index (χ4n) is 5.16. The second-order valence-corrected chi connectivity index (χ2v) is 15.3. The number of rotatable bonds is 10. The Morgan fingerprint density at radius 2 is 1.35 bits per heavy atom. The third-order valence-corrected chi connectivity index (χ3v) is 12.1. The van der Waals surface area contributed by atoms with Crippen molar-refractivity contribution in [1.29, 1.82) is 0 Å². The Morgan fingerprint density at radius 1 is 0.800 bits per heavy atom. The summed E-state index contributed by atoms with van der Waals surface area (Å²) in [6.45, 7) is 7.59. The molecule has 0 aliphatic heterocycles. The third-order valence-electron chi connectivity index (χ3n) is 7.12. The standard InChI is InChI=1S/C33H37NO5Si/c1-24(35)34-30(22-38-32(37)27-20-19-25-13-11-12-14-26(25)21-27)31(36)23-39-40(33(2,3)4,28-15-7-5-8-16-28)29-17-9-6-10-18-29/h5-21,30-31,36H,22-23H2,1-4H3,(H,34,35)/t30-,31-/m1/s1. The molecule has 0 radical (unpaired) electrons. The number of amides is 1. The number of nitrogens with one attached hydrogen (secondary N) is 1. The van der Waals surface area contributed by atoms with E-state index in [0.717, 1.165) is 21.1 Å². The number of ether oxygens (including phenoxy) is 1. The van der Waals surface area contributed by atoms with Crippen molar-refractivity contribution >= 4 is 41.3 Å². The van der Waals surface area contributed by atoms with E-state index in [9.17, 15) is 14.7 Å². The topological polar surface area (TPSA) is 84.9 Å². The van der Waals surface area contributed by atoms with Gasteiger partial charge in [0.25, 0.3) is 8.32 Å². The van der Waals surface area contributed by atoms with E-state index in [1.807, 2.05) is 66.7 Å². The molecule has 0 bridgehead atoms. The summed E-state index contributed by atoms with van der Waals surface area (Å²) in [7, 11) is -2.90. The van der Waals surface area contributed by atoms with E-state index in [-0.39, 0.29) is 24.2 Å². The lowest BCUT2D eigenvalue weighted by atomic mass is 10.1. The summed E-state index contributed by atoms with van der Waals surface area (Å²) in [6, 6.07) is 32.5. The van der Waals surface area contributed by atoms with Crippen LogP contribution in [0.1, 0.15) is 38.1 Å². The molecule has 0 aliphatic rings. The Kier molecular flexibility index (Phi) is 9.20. The predicted molar refractivity (Wildman–Crippen MR) is 161 cm³/mol. The van der Waals surface area contributed by atoms with Gasteiger partial charge in [0.2, 0.25) is 5.91 Å². The van der Waals surface area contributed by atoms with Gasteiger partial charge in [-0.2, -0.15) is 0 Å². The number of esters is 1. The molecule has 2 atom stereocenters. The molecule has 0 saturated carbocycles. The van der Waals surface area contributed by atoms with Crippen LogP contribution in [0.2, 0.25) is 5.04 Å². The number of carbonyl (C=O) groups excluding carboxylic acids is 2. The fourth-order valence-corrected chi connectivity index (χ4v) is 9.74. The van der Waals surface area contributed by atoms with Crippen LogP contribution in [0, 0.1) is 0 Å². The Bertz CT molecular complexity index is 1400. The molecule has 0 saturated heterocycles. The van der Waals surface area contributed by atoms with Crippen LogP contribution in [0.5, 0.6) is 0 Å². The van der Waals surface area contributed by atoms with Gasteiger partial charge < -0.3 is 19.6 Å². The van der Waals surface area contributed by atoms with Gasteiger partial charge in [-0.3, -0.25) is 4.79 Å². The molecule has 0 unspecified atom stereocenters. The van der Waals surface area contributed by atoms with E-state index in [4.69, 9.17) is 9.16 Å². The molecule has 4 rings (SSSR count). The number of aliphatic hydroxyl groups excluding tert-OH is 1. The zero-order valence-corrected chi connectivity index (χ0v) is 24.5. The Labute approximate surface area is 237 Å². The average Bonchev–Trinajstić information content (AvgIpc) is 2.95. The lowest BCUT2D eigenvalue weighted by molar-refractivity contribution is -0.121. The largest absolute Gasteiger partial charge is 0.460 e. The number of fused-ring (bicyclic) bond motifs is 1. The Morgan fingerprint density at radius 3 is 1.90 bits per heavy atom. The second kappa shape index (κ2) is 12.6. The minimum absolute atomic E-state index is 0.0498. The van der Waals surface area contributed by atoms with Gasteiger partial charge >= 0.3 is 5.97 Å². The zero-order chi connectivity index (χ0) is 28.8. The van der Waals surface area contributed by atoms with E-state index in [2.05, 4.69) is 50.4 Å². The molecule has 0 heterocycles. The second-order valence-electron chi connectivity index (χ2n) is 11.0. The Hall–Kier alpha value is -3.78. The molecule has 1 amide bonds. The van der Waals surface area contributed by atoms with Crippen LogP contribution < -0.4 is 15.7 Å². The first kappa shape index (κ1) is 29.2. The highest BCUT2D eigenvalue weighted by molar-refractivity contribution is 6.99. The smallest absolute Gasteiger partial charge is 0.338 e. The van der Waals surface area contributed by atoms with Crippen molar-refractivity contribution in [2.75, 3.05) is 13.2 Å². The molecule has 40 heavy (non-hydrogen) atoms. The van der Waals surface area contributed by atoms with Crippen molar-refractivity contribution < 1.29 is 23.9 Å². The molecule has 6 nitrogen and oxygen atoms in total. The van der Waals surface area contributed by atoms with E-state index >= 15 is 0 Å². The number of hydrogen-bond donors (Lipinski definition) is 2. The normalized spacial score (nSPS) is 13.4. The molecule has 4 aromatic rings. The molecule has 2 N–H and O–H groups in total. The highest BCUT2D eigenvalue weighted by Crippen LogP contribution is 2.36. The van der Waals surface area contributed by atoms with Gasteiger partial charge in [0.05, 0.1) is 24.3 Å². The van der Waals surface area contributed by atoms with Crippen LogP contribution in [0.3, 0.4) is 0 Å². The molecule has 0 aromatic heterocycles. The maximum Gasteiger partial charge on any atom is 0.338 e. The van der Waals surface area contributed by atoms with Crippen LogP contribution in [0.4, 0.5) is 0 Å². The van der Waals surface area contributed by atoms with Gasteiger partial charge in [0.15, 0.2) is 0 Å². The monoisotopic (exact) mass is 555 g/mol. The first-order chi connectivity index (χ1) is 19.1. The van der Waals surface area contributed by atoms with E-state index in [1.165, 1.54) is 6.92 Å². The summed E-state index contributed by atoms with van der Waals surface area (Å²) in [5.41, 5.74) is 0.401. The predicted octanol–water partition coefficient (Wildman–Crippen LogP) is 4.44. The van der Waals surface area contributed by atoms with Gasteiger partial charge in [-0.15, -0.1) is 0 Å². The molecule has 0 fully saturated rings. The number of hydrogen-bond acceptors (Lipinski definition) is 5. The summed E-state index contributed by atoms with van der Waals surface area (Å²) in [4.78, 5) is 24.9. The zero-order valence-electron chi connectivity index (χ0n) is 23.5. The van der Waals surface area contributed by atoms with Crippen molar-refractivity contribution in [3.05, 3.63) is 109 Å². The number of aliphatic hydroxyl groups is 1. The number of benzene rings is 4. The van der Waals surface area contributed by atoms with Gasteiger partial charge in [-0.05, 0) is 38.3 Å². The van der Waals surface area contributed by atoms with Crippen LogP contribution in [0.15, 0.2) is 103 Å². The molecule has 208 valence electrons. The van der Waals surface area contributed by atoms with Gasteiger partial charge in [0, 0.05) is 6.92 Å². The maximum absolute atomic E-state index is 12.9. The van der Waals surface area contributed by atoms with Crippen molar-refractivity contribution in [3.63, 3.8) is 0 Å². The molecule has 4 aromatic carbocycles. The quantitative estimate of drug-likeness (QED) is 0.223. The average molecular weight is 556 g/mol. The highest BCUT2D eigenvalue weighted by Gasteiger charge is 2.50. The minimum Gasteiger partial charge on any atom is -0.460 e. The van der Waals surface area contributed by atoms with Crippen LogP contribution in [-0.2, 0) is 14.0 Å². The first-order valence-electron chi connectivity index (χ1n) is 13.5. The van der Waals surface area contributed by atoms with Crippen molar-refractivity contribution in [2.24, 2.45) is 0 Å².